The number of hydrogen-bond acceptors (Lipinski definition) is 5. The Balaban J connectivity index is 2.89. The largest absolute Gasteiger partial charge is 0.368 e. The summed E-state index contributed by atoms with van der Waals surface area (Å²) in [4.78, 5) is 3.91. The highest BCUT2D eigenvalue weighted by molar-refractivity contribution is 7.13. The van der Waals surface area contributed by atoms with Gasteiger partial charge in [-0.25, -0.2) is 4.98 Å². The molecule has 4 nitrogen and oxygen atoms in total. The van der Waals surface area contributed by atoms with Gasteiger partial charge in [-0.2, -0.15) is 0 Å². The molecule has 0 radical (unpaired) electrons. The Hall–Kier alpha value is -0.585. The Bertz CT molecular complexity index is 245. The van der Waals surface area contributed by atoms with Crippen LogP contribution in [0.25, 0.3) is 0 Å². The third-order valence-electron chi connectivity index (χ3n) is 1.20. The molecule has 0 aliphatic rings. The molecule has 1 rings (SSSR count). The molecule has 0 aliphatic carbocycles. The number of nitrogens with one attached hydrogen (secondary N) is 1. The van der Waals surface area contributed by atoms with Crippen molar-refractivity contribution in [3.8, 4) is 0 Å². The quantitative estimate of drug-likeness (QED) is 0.392. The van der Waals surface area contributed by atoms with E-state index in [0.717, 1.165) is 0 Å². The van der Waals surface area contributed by atoms with Gasteiger partial charge in [0.25, 0.3) is 0 Å². The Morgan fingerprint density at radius 3 is 2.64 bits per heavy atom. The lowest BCUT2D eigenvalue weighted by Crippen LogP contribution is -2.25. The van der Waals surface area contributed by atoms with E-state index in [9.17, 15) is 0 Å². The lowest BCUT2D eigenvalue weighted by molar-refractivity contribution is -0.0938. The summed E-state index contributed by atoms with van der Waals surface area (Å²) in [6, 6.07) is 0. The van der Waals surface area contributed by atoms with Crippen molar-refractivity contribution in [1.29, 1.82) is 0 Å². The zero-order chi connectivity index (χ0) is 8.48. The number of hydrogen-bond donors (Lipinski definition) is 3. The number of aromatic nitrogens is 1. The monoisotopic (exact) mass is 172 g/mol. The normalized spacial score (nSPS) is 11.5. The van der Waals surface area contributed by atoms with Crippen molar-refractivity contribution in [2.24, 2.45) is 0 Å². The molecule has 11 heavy (non-hydrogen) atoms. The molecule has 0 unspecified atom stereocenters. The van der Waals surface area contributed by atoms with E-state index in [-0.39, 0.29) is 5.69 Å². The zero-order valence-corrected chi connectivity index (χ0v) is 7.14. The van der Waals surface area contributed by atoms with Gasteiger partial charge in [0.2, 0.25) is 0 Å². The van der Waals surface area contributed by atoms with Crippen molar-refractivity contribution in [1.82, 2.24) is 4.98 Å². The maximum Gasteiger partial charge on any atom is 0.186 e. The molecule has 1 aromatic heterocycles. The fraction of sp³-hybridized carbons (Fsp3) is 0.400. The SMILES string of the molecule is BC(O)(O)c1csc(NC)n1. The number of rotatable bonds is 2. The summed E-state index contributed by atoms with van der Waals surface area (Å²) in [6.45, 7) is 0. The summed E-state index contributed by atoms with van der Waals surface area (Å²) in [5, 5.41) is 23.2. The van der Waals surface area contributed by atoms with Gasteiger partial charge in [0.05, 0.1) is 0 Å². The lowest BCUT2D eigenvalue weighted by atomic mass is 9.93. The molecule has 3 N–H and O–H groups in total. The Morgan fingerprint density at radius 1 is 1.73 bits per heavy atom. The molecule has 0 spiro atoms. The van der Waals surface area contributed by atoms with Crippen molar-refractivity contribution in [2.75, 3.05) is 12.4 Å². The lowest BCUT2D eigenvalue weighted by Gasteiger charge is -2.11. The van der Waals surface area contributed by atoms with Crippen LogP contribution >= 0.6 is 11.3 Å². The van der Waals surface area contributed by atoms with Crippen LogP contribution in [0.4, 0.5) is 5.13 Å². The van der Waals surface area contributed by atoms with E-state index in [2.05, 4.69) is 10.3 Å². The molecule has 6 heteroatoms. The van der Waals surface area contributed by atoms with Gasteiger partial charge in [0, 0.05) is 12.4 Å². The van der Waals surface area contributed by atoms with Crippen LogP contribution in [0.5, 0.6) is 0 Å². The van der Waals surface area contributed by atoms with Gasteiger partial charge in [-0.15, -0.1) is 11.3 Å². The predicted octanol–water partition coefficient (Wildman–Crippen LogP) is -1.09. The molecule has 0 amide bonds. The van der Waals surface area contributed by atoms with E-state index in [0.29, 0.717) is 5.13 Å². The van der Waals surface area contributed by atoms with Gasteiger partial charge in [0.1, 0.15) is 5.69 Å². The fourth-order valence-electron chi connectivity index (χ4n) is 0.606. The van der Waals surface area contributed by atoms with Crippen LogP contribution in [0, 0.1) is 0 Å². The predicted molar refractivity (Wildman–Crippen MR) is 46.3 cm³/mol. The van der Waals surface area contributed by atoms with Crippen LogP contribution in [0.3, 0.4) is 0 Å². The maximum atomic E-state index is 9.07. The highest BCUT2D eigenvalue weighted by atomic mass is 32.1. The van der Waals surface area contributed by atoms with E-state index < -0.39 is 5.69 Å². The number of nitrogens with zero attached hydrogens (tertiary/aromatic N) is 1. The van der Waals surface area contributed by atoms with Gasteiger partial charge in [-0.05, 0) is 0 Å². The third kappa shape index (κ3) is 1.92. The molecule has 0 aromatic carbocycles. The highest BCUT2D eigenvalue weighted by Gasteiger charge is 2.21. The van der Waals surface area contributed by atoms with Crippen molar-refractivity contribution >= 4 is 24.3 Å². The molecule has 60 valence electrons. The second-order valence-electron chi connectivity index (χ2n) is 2.31. The van der Waals surface area contributed by atoms with Crippen molar-refractivity contribution in [3.05, 3.63) is 11.1 Å². The van der Waals surface area contributed by atoms with Gasteiger partial charge in [0.15, 0.2) is 18.7 Å². The average molecular weight is 172 g/mol. The minimum absolute atomic E-state index is 0.270. The van der Waals surface area contributed by atoms with Crippen LogP contribution in [0.1, 0.15) is 5.69 Å². The topological polar surface area (TPSA) is 65.4 Å². The average Bonchev–Trinajstić information content (AvgIpc) is 2.32. The van der Waals surface area contributed by atoms with E-state index in [1.54, 1.807) is 12.4 Å². The molecule has 0 bridgehead atoms. The van der Waals surface area contributed by atoms with E-state index in [1.165, 1.54) is 19.2 Å². The summed E-state index contributed by atoms with van der Waals surface area (Å²) in [5.41, 5.74) is -1.56. The first-order valence-electron chi connectivity index (χ1n) is 3.12. The molecule has 0 atom stereocenters. The standard InChI is InChI=1S/C5H9BN2O2S/c1-7-4-8-3(2-11-4)5(6,9)10/h2,9-10H,6H2,1H3,(H,7,8). The van der Waals surface area contributed by atoms with Gasteiger partial charge >= 0.3 is 0 Å². The summed E-state index contributed by atoms with van der Waals surface area (Å²) >= 11 is 1.33. The summed E-state index contributed by atoms with van der Waals surface area (Å²) in [7, 11) is 3.01. The molecular formula is C5H9BN2O2S. The van der Waals surface area contributed by atoms with Crippen LogP contribution in [-0.4, -0.2) is 30.1 Å². The van der Waals surface area contributed by atoms with Crippen LogP contribution in [0.15, 0.2) is 5.38 Å². The van der Waals surface area contributed by atoms with E-state index in [1.807, 2.05) is 0 Å². The Labute approximate surface area is 69.3 Å². The summed E-state index contributed by atoms with van der Waals surface area (Å²) < 4.78 is 0. The second kappa shape index (κ2) is 2.81. The molecule has 0 saturated heterocycles. The summed E-state index contributed by atoms with van der Waals surface area (Å²) in [5.74, 6) is 0. The molecule has 0 fully saturated rings. The minimum atomic E-state index is -1.83. The van der Waals surface area contributed by atoms with Gasteiger partial charge in [-0.1, -0.05) is 0 Å². The zero-order valence-electron chi connectivity index (χ0n) is 6.33. The van der Waals surface area contributed by atoms with E-state index in [4.69, 9.17) is 10.2 Å². The molecule has 1 aromatic rings. The third-order valence-corrected chi connectivity index (χ3v) is 2.06. The highest BCUT2D eigenvalue weighted by Crippen LogP contribution is 2.20. The fourth-order valence-corrected chi connectivity index (χ4v) is 1.37. The Kier molecular flexibility index (Phi) is 2.17. The molecule has 0 aliphatic heterocycles. The van der Waals surface area contributed by atoms with Crippen molar-refractivity contribution in [2.45, 2.75) is 5.69 Å². The van der Waals surface area contributed by atoms with Crippen molar-refractivity contribution in [3.63, 3.8) is 0 Å². The summed E-state index contributed by atoms with van der Waals surface area (Å²) in [6.07, 6.45) is 0. The van der Waals surface area contributed by atoms with Crippen LogP contribution in [-0.2, 0) is 5.69 Å². The number of aliphatic hydroxyl groups is 2. The molecular weight excluding hydrogens is 163 g/mol. The van der Waals surface area contributed by atoms with E-state index >= 15 is 0 Å². The van der Waals surface area contributed by atoms with Crippen LogP contribution < -0.4 is 5.32 Å². The first-order valence-corrected chi connectivity index (χ1v) is 4.00. The first-order chi connectivity index (χ1) is 5.04. The molecule has 0 saturated carbocycles. The second-order valence-corrected chi connectivity index (χ2v) is 3.17. The number of anilines is 1. The van der Waals surface area contributed by atoms with Crippen LogP contribution in [0.2, 0.25) is 0 Å². The van der Waals surface area contributed by atoms with Crippen molar-refractivity contribution < 1.29 is 10.2 Å². The number of thiazole rings is 1. The molecule has 1 heterocycles. The van der Waals surface area contributed by atoms with Gasteiger partial charge in [-0.3, -0.25) is 0 Å². The minimum Gasteiger partial charge on any atom is -0.368 e. The van der Waals surface area contributed by atoms with Gasteiger partial charge < -0.3 is 15.5 Å². The first kappa shape index (κ1) is 8.51. The maximum absolute atomic E-state index is 9.07. The Morgan fingerprint density at radius 2 is 2.36 bits per heavy atom. The smallest absolute Gasteiger partial charge is 0.186 e.